The summed E-state index contributed by atoms with van der Waals surface area (Å²) in [5, 5.41) is 10.4. The van der Waals surface area contributed by atoms with Gasteiger partial charge >= 0.3 is 29.6 Å². The standard InChI is InChI=1S/C9H11NO6S.Na/c11-10(12)8-3-1-4-9(7-8)16-5-2-6-17(13,14)15;/h1,3-4,7H,2,5-6H2,(H,13,14,15);/q;+1/p-1. The second-order valence-electron chi connectivity index (χ2n) is 3.22. The van der Waals surface area contributed by atoms with E-state index < -0.39 is 20.8 Å². The fourth-order valence-electron chi connectivity index (χ4n) is 1.11. The number of rotatable bonds is 6. The Kier molecular flexibility index (Phi) is 7.41. The smallest absolute Gasteiger partial charge is 0.748 e. The Balaban J connectivity index is 0.00000289. The van der Waals surface area contributed by atoms with Crippen LogP contribution in [0.4, 0.5) is 5.69 Å². The second kappa shape index (κ2) is 7.70. The molecular formula is C9H10NNaO6S. The van der Waals surface area contributed by atoms with E-state index in [0.29, 0.717) is 0 Å². The Morgan fingerprint density at radius 1 is 1.33 bits per heavy atom. The molecule has 0 aliphatic heterocycles. The van der Waals surface area contributed by atoms with E-state index >= 15 is 0 Å². The predicted molar refractivity (Wildman–Crippen MR) is 57.8 cm³/mol. The molecule has 0 spiro atoms. The number of nitro groups is 1. The molecule has 9 heteroatoms. The molecule has 0 heterocycles. The fraction of sp³-hybridized carbons (Fsp3) is 0.333. The third kappa shape index (κ3) is 6.92. The molecule has 0 atom stereocenters. The van der Waals surface area contributed by atoms with Crippen LogP contribution in [0.3, 0.4) is 0 Å². The fourth-order valence-corrected chi connectivity index (χ4v) is 1.58. The zero-order chi connectivity index (χ0) is 12.9. The maximum absolute atomic E-state index is 10.4. The molecule has 18 heavy (non-hydrogen) atoms. The zero-order valence-corrected chi connectivity index (χ0v) is 12.6. The van der Waals surface area contributed by atoms with Gasteiger partial charge in [0.05, 0.1) is 27.7 Å². The monoisotopic (exact) mass is 283 g/mol. The van der Waals surface area contributed by atoms with Crippen LogP contribution in [0, 0.1) is 10.1 Å². The minimum atomic E-state index is -4.24. The molecule has 0 radical (unpaired) electrons. The first kappa shape index (κ1) is 17.3. The Morgan fingerprint density at radius 3 is 2.56 bits per heavy atom. The van der Waals surface area contributed by atoms with Crippen molar-refractivity contribution in [1.82, 2.24) is 0 Å². The third-order valence-corrected chi connectivity index (χ3v) is 2.62. The molecule has 0 aromatic heterocycles. The molecule has 0 amide bonds. The summed E-state index contributed by atoms with van der Waals surface area (Å²) in [6, 6.07) is 5.51. The molecule has 0 aliphatic carbocycles. The van der Waals surface area contributed by atoms with Crippen LogP contribution in [0.5, 0.6) is 5.75 Å². The van der Waals surface area contributed by atoms with E-state index in [1.54, 1.807) is 0 Å². The molecular weight excluding hydrogens is 273 g/mol. The zero-order valence-electron chi connectivity index (χ0n) is 9.74. The van der Waals surface area contributed by atoms with Crippen LogP contribution in [-0.4, -0.2) is 30.3 Å². The van der Waals surface area contributed by atoms with Crippen molar-refractivity contribution in [2.45, 2.75) is 6.42 Å². The van der Waals surface area contributed by atoms with Gasteiger partial charge in [0.25, 0.3) is 5.69 Å². The Bertz CT molecular complexity index is 504. The van der Waals surface area contributed by atoms with Crippen LogP contribution in [0.25, 0.3) is 0 Å². The molecule has 0 aliphatic rings. The Hall–Kier alpha value is -0.670. The van der Waals surface area contributed by atoms with Crippen molar-refractivity contribution in [1.29, 1.82) is 0 Å². The maximum Gasteiger partial charge on any atom is 1.00 e. The summed E-state index contributed by atoms with van der Waals surface area (Å²) >= 11 is 0. The predicted octanol–water partition coefficient (Wildman–Crippen LogP) is -2.09. The summed E-state index contributed by atoms with van der Waals surface area (Å²) in [6.45, 7) is 0.0165. The van der Waals surface area contributed by atoms with Gasteiger partial charge < -0.3 is 9.29 Å². The van der Waals surface area contributed by atoms with Crippen molar-refractivity contribution in [2.24, 2.45) is 0 Å². The third-order valence-electron chi connectivity index (χ3n) is 1.84. The topological polar surface area (TPSA) is 110 Å². The largest absolute Gasteiger partial charge is 1.00 e. The number of hydrogen-bond acceptors (Lipinski definition) is 6. The molecule has 0 saturated carbocycles. The van der Waals surface area contributed by atoms with Crippen LogP contribution < -0.4 is 34.3 Å². The number of non-ortho nitro benzene ring substituents is 1. The average Bonchev–Trinajstić information content (AvgIpc) is 2.23. The molecule has 1 aromatic carbocycles. The number of benzene rings is 1. The molecule has 1 aromatic rings. The number of hydrogen-bond donors (Lipinski definition) is 0. The summed E-state index contributed by atoms with van der Waals surface area (Å²) in [7, 11) is -4.24. The second-order valence-corrected chi connectivity index (χ2v) is 4.74. The van der Waals surface area contributed by atoms with Crippen molar-refractivity contribution in [2.75, 3.05) is 12.4 Å². The Morgan fingerprint density at radius 2 is 2.00 bits per heavy atom. The molecule has 7 nitrogen and oxygen atoms in total. The minimum Gasteiger partial charge on any atom is -0.748 e. The van der Waals surface area contributed by atoms with E-state index in [-0.39, 0.29) is 54.0 Å². The Labute approximate surface area is 126 Å². The van der Waals surface area contributed by atoms with E-state index in [2.05, 4.69) is 0 Å². The molecule has 94 valence electrons. The van der Waals surface area contributed by atoms with Gasteiger partial charge in [0.15, 0.2) is 0 Å². The normalized spacial score (nSPS) is 10.5. The number of nitrogens with zero attached hydrogens (tertiary/aromatic N) is 1. The SMILES string of the molecule is O=[N+]([O-])c1cccc(OCCCS(=O)(=O)[O-])c1.[Na+]. The summed E-state index contributed by atoms with van der Waals surface area (Å²) in [5.74, 6) is -0.246. The van der Waals surface area contributed by atoms with E-state index in [9.17, 15) is 23.1 Å². The van der Waals surface area contributed by atoms with Crippen molar-refractivity contribution in [3.63, 3.8) is 0 Å². The van der Waals surface area contributed by atoms with Gasteiger partial charge in [0, 0.05) is 11.8 Å². The van der Waals surface area contributed by atoms with E-state index in [1.165, 1.54) is 24.3 Å². The van der Waals surface area contributed by atoms with Gasteiger partial charge in [-0.05, 0) is 12.5 Å². The quantitative estimate of drug-likeness (QED) is 0.195. The molecule has 0 unspecified atom stereocenters. The van der Waals surface area contributed by atoms with Gasteiger partial charge in [-0.3, -0.25) is 10.1 Å². The van der Waals surface area contributed by atoms with Gasteiger partial charge in [-0.15, -0.1) is 0 Å². The summed E-state index contributed by atoms with van der Waals surface area (Å²) in [5.41, 5.74) is -0.112. The summed E-state index contributed by atoms with van der Waals surface area (Å²) < 4.78 is 35.9. The van der Waals surface area contributed by atoms with Gasteiger partial charge in [0.2, 0.25) is 0 Å². The maximum atomic E-state index is 10.4. The van der Waals surface area contributed by atoms with Crippen molar-refractivity contribution >= 4 is 15.8 Å². The van der Waals surface area contributed by atoms with Crippen LogP contribution in [-0.2, 0) is 10.1 Å². The molecule has 1 rings (SSSR count). The molecule has 0 bridgehead atoms. The van der Waals surface area contributed by atoms with Crippen LogP contribution in [0.15, 0.2) is 24.3 Å². The minimum absolute atomic E-state index is 0. The van der Waals surface area contributed by atoms with Crippen LogP contribution >= 0.6 is 0 Å². The van der Waals surface area contributed by atoms with Crippen molar-refractivity contribution < 1.29 is 52.2 Å². The van der Waals surface area contributed by atoms with Gasteiger partial charge in [0.1, 0.15) is 5.75 Å². The first-order chi connectivity index (χ1) is 7.88. The molecule has 0 N–H and O–H groups in total. The van der Waals surface area contributed by atoms with E-state index in [1.807, 2.05) is 0 Å². The van der Waals surface area contributed by atoms with Gasteiger partial charge in [-0.1, -0.05) is 6.07 Å². The van der Waals surface area contributed by atoms with Crippen molar-refractivity contribution in [3.8, 4) is 5.75 Å². The van der Waals surface area contributed by atoms with E-state index in [4.69, 9.17) is 4.74 Å². The first-order valence-electron chi connectivity index (χ1n) is 4.69. The average molecular weight is 283 g/mol. The summed E-state index contributed by atoms with van der Waals surface area (Å²) in [4.78, 5) is 9.88. The van der Waals surface area contributed by atoms with Gasteiger partial charge in [-0.25, -0.2) is 8.42 Å². The van der Waals surface area contributed by atoms with Gasteiger partial charge in [-0.2, -0.15) is 0 Å². The molecule has 0 saturated heterocycles. The van der Waals surface area contributed by atoms with Crippen LogP contribution in [0.2, 0.25) is 0 Å². The van der Waals surface area contributed by atoms with Crippen LogP contribution in [0.1, 0.15) is 6.42 Å². The van der Waals surface area contributed by atoms with Crippen molar-refractivity contribution in [3.05, 3.63) is 34.4 Å². The molecule has 0 fully saturated rings. The number of nitro benzene ring substituents is 1. The van der Waals surface area contributed by atoms with E-state index in [0.717, 1.165) is 0 Å². The summed E-state index contributed by atoms with van der Waals surface area (Å²) in [6.07, 6.45) is 0.0501. The number of ether oxygens (including phenoxy) is 1. The first-order valence-corrected chi connectivity index (χ1v) is 6.27.